The highest BCUT2D eigenvalue weighted by molar-refractivity contribution is 6.01. The number of carbonyl (C=O) groups is 3. The largest absolute Gasteiger partial charge is 0.444 e. The van der Waals surface area contributed by atoms with Gasteiger partial charge in [0.25, 0.3) is 0 Å². The third kappa shape index (κ3) is 6.00. The van der Waals surface area contributed by atoms with Gasteiger partial charge < -0.3 is 19.9 Å². The lowest BCUT2D eigenvalue weighted by atomic mass is 9.87. The van der Waals surface area contributed by atoms with Gasteiger partial charge in [0.15, 0.2) is 0 Å². The molecule has 3 atom stereocenters. The molecule has 7 nitrogen and oxygen atoms in total. The monoisotopic (exact) mass is 521 g/mol. The predicted molar refractivity (Wildman–Crippen MR) is 142 cm³/mol. The maximum Gasteiger partial charge on any atom is 0.410 e. The summed E-state index contributed by atoms with van der Waals surface area (Å²) >= 11 is 0. The van der Waals surface area contributed by atoms with Crippen LogP contribution in [0.1, 0.15) is 57.1 Å². The van der Waals surface area contributed by atoms with Gasteiger partial charge in [0.05, 0.1) is 5.92 Å². The Labute approximate surface area is 223 Å². The summed E-state index contributed by atoms with van der Waals surface area (Å²) in [5, 5.41) is 2.77. The van der Waals surface area contributed by atoms with Gasteiger partial charge in [0.2, 0.25) is 11.8 Å². The molecule has 1 aliphatic carbocycles. The number of anilines is 1. The van der Waals surface area contributed by atoms with Crippen LogP contribution in [0, 0.1) is 17.7 Å². The second-order valence-corrected chi connectivity index (χ2v) is 11.9. The number of nitrogens with one attached hydrogen (secondary N) is 1. The van der Waals surface area contributed by atoms with Crippen LogP contribution in [0.15, 0.2) is 48.5 Å². The van der Waals surface area contributed by atoms with Gasteiger partial charge in [-0.1, -0.05) is 30.3 Å². The highest BCUT2D eigenvalue weighted by Gasteiger charge is 2.44. The van der Waals surface area contributed by atoms with E-state index in [1.807, 2.05) is 43.9 Å². The molecule has 0 aromatic heterocycles. The van der Waals surface area contributed by atoms with Crippen LogP contribution in [0.2, 0.25) is 0 Å². The molecular weight excluding hydrogens is 485 g/mol. The Morgan fingerprint density at radius 2 is 1.79 bits per heavy atom. The van der Waals surface area contributed by atoms with Crippen molar-refractivity contribution in [2.75, 3.05) is 25.0 Å². The Morgan fingerprint density at radius 1 is 1.08 bits per heavy atom. The van der Waals surface area contributed by atoms with Crippen molar-refractivity contribution < 1.29 is 23.5 Å². The molecule has 2 fully saturated rings. The number of fused-ring (bicyclic) bond motifs is 1. The lowest BCUT2D eigenvalue weighted by molar-refractivity contribution is -0.136. The zero-order valence-corrected chi connectivity index (χ0v) is 22.3. The van der Waals surface area contributed by atoms with Gasteiger partial charge in [-0.2, -0.15) is 0 Å². The quantitative estimate of drug-likeness (QED) is 0.582. The minimum atomic E-state index is -0.717. The van der Waals surface area contributed by atoms with Crippen molar-refractivity contribution >= 4 is 23.6 Å². The van der Waals surface area contributed by atoms with Gasteiger partial charge in [0, 0.05) is 37.8 Å². The summed E-state index contributed by atoms with van der Waals surface area (Å²) in [6, 6.07) is 14.5. The number of halogens is 1. The van der Waals surface area contributed by atoms with Gasteiger partial charge in [0.1, 0.15) is 11.4 Å². The molecule has 8 heteroatoms. The van der Waals surface area contributed by atoms with Crippen molar-refractivity contribution in [1.82, 2.24) is 9.80 Å². The molecule has 2 heterocycles. The average Bonchev–Trinajstić information content (AvgIpc) is 3.62. The summed E-state index contributed by atoms with van der Waals surface area (Å²) in [6.45, 7) is 7.11. The van der Waals surface area contributed by atoms with E-state index < -0.39 is 17.3 Å². The molecule has 3 aliphatic rings. The van der Waals surface area contributed by atoms with Crippen LogP contribution in [0.25, 0.3) is 0 Å². The first-order chi connectivity index (χ1) is 18.1. The molecule has 202 valence electrons. The first-order valence-corrected chi connectivity index (χ1v) is 13.5. The standard InChI is InChI=1S/C30H36FN3O4/c1-30(2,3)38-29(37)33-16-20(13-19-7-5-4-6-8-19)21(17-33)18-34(23-10-11-23)28(36)25-15-27(35)32-26-12-9-22(31)14-24(25)26/h4-9,12,14,20-21,23,25H,10-11,13,15-18H2,1-3H3,(H,32,35). The Kier molecular flexibility index (Phi) is 7.16. The number of rotatable bonds is 6. The van der Waals surface area contributed by atoms with Gasteiger partial charge in [-0.05, 0) is 81.2 Å². The van der Waals surface area contributed by atoms with E-state index in [1.54, 1.807) is 4.90 Å². The smallest absolute Gasteiger partial charge is 0.410 e. The molecule has 2 aliphatic heterocycles. The Bertz CT molecular complexity index is 1210. The zero-order chi connectivity index (χ0) is 27.0. The minimum absolute atomic E-state index is 0.000646. The number of hydrogen-bond donors (Lipinski definition) is 1. The Morgan fingerprint density at radius 3 is 2.47 bits per heavy atom. The van der Waals surface area contributed by atoms with E-state index in [0.717, 1.165) is 19.3 Å². The molecule has 2 aromatic rings. The molecule has 0 spiro atoms. The highest BCUT2D eigenvalue weighted by Crippen LogP contribution is 2.39. The number of carbonyl (C=O) groups excluding carboxylic acids is 3. The predicted octanol–water partition coefficient (Wildman–Crippen LogP) is 4.97. The molecule has 2 aromatic carbocycles. The van der Waals surface area contributed by atoms with Crippen molar-refractivity contribution in [1.29, 1.82) is 0 Å². The summed E-state index contributed by atoms with van der Waals surface area (Å²) < 4.78 is 19.8. The van der Waals surface area contributed by atoms with Crippen molar-refractivity contribution in [2.24, 2.45) is 11.8 Å². The van der Waals surface area contributed by atoms with Gasteiger partial charge >= 0.3 is 6.09 Å². The van der Waals surface area contributed by atoms with E-state index in [1.165, 1.54) is 23.8 Å². The first-order valence-electron chi connectivity index (χ1n) is 13.5. The molecule has 38 heavy (non-hydrogen) atoms. The van der Waals surface area contributed by atoms with E-state index in [4.69, 9.17) is 4.74 Å². The zero-order valence-electron chi connectivity index (χ0n) is 22.3. The number of nitrogens with zero attached hydrogens (tertiary/aromatic N) is 2. The first kappa shape index (κ1) is 26.2. The topological polar surface area (TPSA) is 79.0 Å². The van der Waals surface area contributed by atoms with Crippen LogP contribution < -0.4 is 5.32 Å². The van der Waals surface area contributed by atoms with Crippen molar-refractivity contribution in [3.05, 3.63) is 65.5 Å². The molecule has 0 radical (unpaired) electrons. The van der Waals surface area contributed by atoms with Gasteiger partial charge in [-0.3, -0.25) is 9.59 Å². The summed E-state index contributed by atoms with van der Waals surface area (Å²) in [7, 11) is 0. The third-order valence-electron chi connectivity index (χ3n) is 7.62. The van der Waals surface area contributed by atoms with Crippen molar-refractivity contribution in [3.8, 4) is 0 Å². The average molecular weight is 522 g/mol. The van der Waals surface area contributed by atoms with E-state index in [2.05, 4.69) is 17.4 Å². The van der Waals surface area contributed by atoms with Crippen molar-refractivity contribution in [3.63, 3.8) is 0 Å². The fraction of sp³-hybridized carbons (Fsp3) is 0.500. The lowest BCUT2D eigenvalue weighted by Crippen LogP contribution is -2.44. The number of hydrogen-bond acceptors (Lipinski definition) is 4. The van der Waals surface area contributed by atoms with Crippen LogP contribution in [0.5, 0.6) is 0 Å². The van der Waals surface area contributed by atoms with E-state index in [0.29, 0.717) is 30.9 Å². The van der Waals surface area contributed by atoms with Crippen LogP contribution in [-0.2, 0) is 20.7 Å². The molecular formula is C30H36FN3O4. The molecule has 1 saturated carbocycles. The second-order valence-electron chi connectivity index (χ2n) is 11.9. The van der Waals surface area contributed by atoms with Crippen LogP contribution in [0.4, 0.5) is 14.9 Å². The number of amides is 3. The SMILES string of the molecule is CC(C)(C)OC(=O)N1CC(Cc2ccccc2)C(CN(C(=O)C2CC(=O)Nc3ccc(F)cc32)C2CC2)C1. The van der Waals surface area contributed by atoms with Gasteiger partial charge in [-0.15, -0.1) is 0 Å². The lowest BCUT2D eigenvalue weighted by Gasteiger charge is -2.33. The molecule has 1 saturated heterocycles. The number of likely N-dealkylation sites (tertiary alicyclic amines) is 1. The molecule has 1 N–H and O–H groups in total. The Hall–Kier alpha value is -3.42. The van der Waals surface area contributed by atoms with E-state index >= 15 is 0 Å². The van der Waals surface area contributed by atoms with Gasteiger partial charge in [-0.25, -0.2) is 9.18 Å². The molecule has 3 unspecified atom stereocenters. The number of ether oxygens (including phenoxy) is 1. The summed E-state index contributed by atoms with van der Waals surface area (Å²) in [5.74, 6) is -1.32. The van der Waals surface area contributed by atoms with E-state index in [9.17, 15) is 18.8 Å². The Balaban J connectivity index is 1.38. The number of benzene rings is 2. The summed E-state index contributed by atoms with van der Waals surface area (Å²) in [4.78, 5) is 43.0. The maximum atomic E-state index is 14.1. The van der Waals surface area contributed by atoms with E-state index in [-0.39, 0.29) is 42.2 Å². The molecule has 3 amide bonds. The summed E-state index contributed by atoms with van der Waals surface area (Å²) in [6.07, 6.45) is 2.27. The third-order valence-corrected chi connectivity index (χ3v) is 7.62. The fourth-order valence-corrected chi connectivity index (χ4v) is 5.68. The minimum Gasteiger partial charge on any atom is -0.444 e. The van der Waals surface area contributed by atoms with Crippen LogP contribution in [0.3, 0.4) is 0 Å². The van der Waals surface area contributed by atoms with Crippen molar-refractivity contribution in [2.45, 2.75) is 64.0 Å². The molecule has 5 rings (SSSR count). The molecule has 0 bridgehead atoms. The normalized spacial score (nSPS) is 23.0. The fourth-order valence-electron chi connectivity index (χ4n) is 5.68. The summed E-state index contributed by atoms with van der Waals surface area (Å²) in [5.41, 5.74) is 1.62. The highest BCUT2D eigenvalue weighted by atomic mass is 19.1. The maximum absolute atomic E-state index is 14.1. The van der Waals surface area contributed by atoms with Crippen LogP contribution >= 0.6 is 0 Å². The second kappa shape index (κ2) is 10.4. The van der Waals surface area contributed by atoms with Crippen LogP contribution in [-0.4, -0.2) is 59.0 Å².